The van der Waals surface area contributed by atoms with Crippen molar-refractivity contribution in [3.05, 3.63) is 102 Å². The number of furan rings is 1. The molecule has 4 aromatic rings. The van der Waals surface area contributed by atoms with Crippen LogP contribution in [0.4, 0.5) is 0 Å². The average molecular weight is 404 g/mol. The van der Waals surface area contributed by atoms with Crippen molar-refractivity contribution in [1.29, 1.82) is 0 Å². The molecular formula is C23H21N3O2S. The summed E-state index contributed by atoms with van der Waals surface area (Å²) in [6.07, 6.45) is 5.92. The van der Waals surface area contributed by atoms with Gasteiger partial charge in [0.2, 0.25) is 0 Å². The maximum absolute atomic E-state index is 5.87. The van der Waals surface area contributed by atoms with Gasteiger partial charge in [-0.15, -0.1) is 10.2 Å². The van der Waals surface area contributed by atoms with Crippen molar-refractivity contribution in [3.8, 4) is 5.75 Å². The van der Waals surface area contributed by atoms with Crippen molar-refractivity contribution in [3.63, 3.8) is 0 Å². The maximum Gasteiger partial charge on any atom is 0.192 e. The third kappa shape index (κ3) is 5.39. The zero-order valence-corrected chi connectivity index (χ0v) is 16.7. The van der Waals surface area contributed by atoms with Crippen LogP contribution < -0.4 is 4.74 Å². The molecule has 0 amide bonds. The van der Waals surface area contributed by atoms with Crippen LogP contribution in [0.2, 0.25) is 0 Å². The quantitative estimate of drug-likeness (QED) is 0.355. The highest BCUT2D eigenvalue weighted by atomic mass is 32.2. The molecule has 0 saturated heterocycles. The molecule has 6 heteroatoms. The first-order chi connectivity index (χ1) is 14.4. The first kappa shape index (κ1) is 19.1. The number of aromatic nitrogens is 3. The summed E-state index contributed by atoms with van der Waals surface area (Å²) in [5.74, 6) is 3.22. The Balaban J connectivity index is 1.45. The molecule has 0 radical (unpaired) electrons. The maximum atomic E-state index is 5.87. The molecule has 0 fully saturated rings. The van der Waals surface area contributed by atoms with Crippen LogP contribution in [-0.4, -0.2) is 20.5 Å². The lowest BCUT2D eigenvalue weighted by atomic mass is 10.2. The lowest BCUT2D eigenvalue weighted by Crippen LogP contribution is -2.09. The topological polar surface area (TPSA) is 53.1 Å². The molecular weight excluding hydrogens is 382 g/mol. The van der Waals surface area contributed by atoms with Gasteiger partial charge < -0.3 is 9.15 Å². The van der Waals surface area contributed by atoms with Crippen LogP contribution in [0.25, 0.3) is 6.08 Å². The van der Waals surface area contributed by atoms with E-state index < -0.39 is 0 Å². The van der Waals surface area contributed by atoms with Gasteiger partial charge in [0, 0.05) is 5.75 Å². The molecule has 0 saturated carbocycles. The van der Waals surface area contributed by atoms with Crippen LogP contribution in [0.5, 0.6) is 5.75 Å². The molecule has 146 valence electrons. The third-order valence-corrected chi connectivity index (χ3v) is 5.14. The highest BCUT2D eigenvalue weighted by Crippen LogP contribution is 2.21. The van der Waals surface area contributed by atoms with Gasteiger partial charge in [0.25, 0.3) is 0 Å². The fourth-order valence-corrected chi connectivity index (χ4v) is 3.55. The number of hydrogen-bond acceptors (Lipinski definition) is 5. The molecule has 2 aromatic heterocycles. The van der Waals surface area contributed by atoms with Gasteiger partial charge in [0.15, 0.2) is 11.0 Å². The van der Waals surface area contributed by atoms with E-state index in [0.29, 0.717) is 13.2 Å². The van der Waals surface area contributed by atoms with Gasteiger partial charge in [-0.25, -0.2) is 0 Å². The Kier molecular flexibility index (Phi) is 6.45. The van der Waals surface area contributed by atoms with Crippen molar-refractivity contribution < 1.29 is 9.15 Å². The average Bonchev–Trinajstić information content (AvgIpc) is 3.42. The SMILES string of the molecule is C(=C\c1ccccc1)/CSc1nnc(COc2ccccc2)n1Cc1ccco1. The van der Waals surface area contributed by atoms with Gasteiger partial charge in [0.1, 0.15) is 18.1 Å². The molecule has 0 aliphatic rings. The summed E-state index contributed by atoms with van der Waals surface area (Å²) in [4.78, 5) is 0. The minimum Gasteiger partial charge on any atom is -0.486 e. The largest absolute Gasteiger partial charge is 0.486 e. The number of rotatable bonds is 9. The molecule has 0 unspecified atom stereocenters. The number of thioether (sulfide) groups is 1. The van der Waals surface area contributed by atoms with Crippen molar-refractivity contribution in [1.82, 2.24) is 14.8 Å². The fraction of sp³-hybridized carbons (Fsp3) is 0.130. The van der Waals surface area contributed by atoms with E-state index in [-0.39, 0.29) is 0 Å². The first-order valence-corrected chi connectivity index (χ1v) is 10.3. The molecule has 2 aromatic carbocycles. The predicted molar refractivity (Wildman–Crippen MR) is 115 cm³/mol. The van der Waals surface area contributed by atoms with Crippen LogP contribution in [0, 0.1) is 0 Å². The zero-order valence-electron chi connectivity index (χ0n) is 15.8. The van der Waals surface area contributed by atoms with E-state index in [0.717, 1.165) is 28.2 Å². The van der Waals surface area contributed by atoms with Crippen LogP contribution in [-0.2, 0) is 13.2 Å². The fourth-order valence-electron chi connectivity index (χ4n) is 2.79. The Hall–Kier alpha value is -3.25. The van der Waals surface area contributed by atoms with Crippen molar-refractivity contribution >= 4 is 17.8 Å². The summed E-state index contributed by atoms with van der Waals surface area (Å²) in [6.45, 7) is 0.913. The van der Waals surface area contributed by atoms with E-state index in [1.54, 1.807) is 18.0 Å². The Bertz CT molecular complexity index is 1030. The molecule has 5 nitrogen and oxygen atoms in total. The second-order valence-electron chi connectivity index (χ2n) is 6.29. The second-order valence-corrected chi connectivity index (χ2v) is 7.28. The number of hydrogen-bond donors (Lipinski definition) is 0. The van der Waals surface area contributed by atoms with Gasteiger partial charge in [0.05, 0.1) is 12.8 Å². The van der Waals surface area contributed by atoms with Crippen LogP contribution in [0.15, 0.2) is 94.7 Å². The summed E-state index contributed by atoms with van der Waals surface area (Å²) >= 11 is 1.64. The standard InChI is InChI=1S/C23H21N3O2S/c1-3-9-19(10-4-1)11-8-16-29-23-25-24-22(18-28-20-12-5-2-6-13-20)26(23)17-21-14-7-15-27-21/h1-15H,16-18H2/b11-8+. The first-order valence-electron chi connectivity index (χ1n) is 9.35. The summed E-state index contributed by atoms with van der Waals surface area (Å²) in [6, 6.07) is 23.8. The molecule has 0 N–H and O–H groups in total. The molecule has 0 aliphatic heterocycles. The summed E-state index contributed by atoms with van der Waals surface area (Å²) in [5, 5.41) is 9.56. The molecule has 2 heterocycles. The minimum atomic E-state index is 0.345. The van der Waals surface area contributed by atoms with E-state index in [1.807, 2.05) is 65.2 Å². The minimum absolute atomic E-state index is 0.345. The number of nitrogens with zero attached hydrogens (tertiary/aromatic N) is 3. The van der Waals surface area contributed by atoms with E-state index in [2.05, 4.69) is 34.5 Å². The molecule has 4 rings (SSSR count). The van der Waals surface area contributed by atoms with Gasteiger partial charge in [-0.3, -0.25) is 4.57 Å². The highest BCUT2D eigenvalue weighted by Gasteiger charge is 2.14. The molecule has 0 atom stereocenters. The normalized spacial score (nSPS) is 11.2. The zero-order chi connectivity index (χ0) is 19.7. The summed E-state index contributed by atoms with van der Waals surface area (Å²) < 4.78 is 13.4. The van der Waals surface area contributed by atoms with Gasteiger partial charge >= 0.3 is 0 Å². The Labute approximate surface area is 174 Å². The van der Waals surface area contributed by atoms with Gasteiger partial charge in [-0.05, 0) is 29.8 Å². The van der Waals surface area contributed by atoms with E-state index >= 15 is 0 Å². The Morgan fingerprint density at radius 2 is 1.72 bits per heavy atom. The Morgan fingerprint density at radius 3 is 2.48 bits per heavy atom. The molecule has 29 heavy (non-hydrogen) atoms. The van der Waals surface area contributed by atoms with Crippen molar-refractivity contribution in [2.45, 2.75) is 18.3 Å². The highest BCUT2D eigenvalue weighted by molar-refractivity contribution is 7.99. The monoisotopic (exact) mass is 403 g/mol. The Morgan fingerprint density at radius 1 is 0.931 bits per heavy atom. The molecule has 0 spiro atoms. The second kappa shape index (κ2) is 9.80. The van der Waals surface area contributed by atoms with E-state index in [4.69, 9.17) is 9.15 Å². The van der Waals surface area contributed by atoms with Crippen LogP contribution in [0.1, 0.15) is 17.1 Å². The summed E-state index contributed by atoms with van der Waals surface area (Å²) in [7, 11) is 0. The van der Waals surface area contributed by atoms with E-state index in [1.165, 1.54) is 5.56 Å². The predicted octanol–water partition coefficient (Wildman–Crippen LogP) is 5.30. The number of ether oxygens (including phenoxy) is 1. The number of para-hydroxylation sites is 1. The van der Waals surface area contributed by atoms with Crippen molar-refractivity contribution in [2.24, 2.45) is 0 Å². The third-order valence-electron chi connectivity index (χ3n) is 4.22. The van der Waals surface area contributed by atoms with Gasteiger partial charge in [-0.1, -0.05) is 72.4 Å². The van der Waals surface area contributed by atoms with E-state index in [9.17, 15) is 0 Å². The van der Waals surface area contributed by atoms with Gasteiger partial charge in [-0.2, -0.15) is 0 Å². The lowest BCUT2D eigenvalue weighted by Gasteiger charge is -2.09. The van der Waals surface area contributed by atoms with Crippen LogP contribution >= 0.6 is 11.8 Å². The lowest BCUT2D eigenvalue weighted by molar-refractivity contribution is 0.287. The molecule has 0 bridgehead atoms. The number of benzene rings is 2. The summed E-state index contributed by atoms with van der Waals surface area (Å²) in [5.41, 5.74) is 1.18. The smallest absolute Gasteiger partial charge is 0.192 e. The molecule has 0 aliphatic carbocycles. The van der Waals surface area contributed by atoms with Crippen LogP contribution in [0.3, 0.4) is 0 Å². The van der Waals surface area contributed by atoms with Crippen molar-refractivity contribution in [2.75, 3.05) is 5.75 Å².